The van der Waals surface area contributed by atoms with Gasteiger partial charge in [-0.1, -0.05) is 35.9 Å². The molecule has 1 aliphatic heterocycles. The van der Waals surface area contributed by atoms with Gasteiger partial charge in [-0.25, -0.2) is 0 Å². The van der Waals surface area contributed by atoms with E-state index in [0.717, 1.165) is 0 Å². The number of anilines is 1. The molecule has 0 saturated carbocycles. The summed E-state index contributed by atoms with van der Waals surface area (Å²) >= 11 is 6.24. The summed E-state index contributed by atoms with van der Waals surface area (Å²) in [6.45, 7) is 2.02. The average molecular weight is 423 g/mol. The van der Waals surface area contributed by atoms with Gasteiger partial charge in [-0.2, -0.15) is 10.2 Å². The van der Waals surface area contributed by atoms with E-state index in [1.54, 1.807) is 36.3 Å². The molecule has 0 atom stereocenters. The molecule has 0 unspecified atom stereocenters. The third-order valence-corrected chi connectivity index (χ3v) is 5.34. The Morgan fingerprint density at radius 3 is 2.53 bits per heavy atom. The van der Waals surface area contributed by atoms with Gasteiger partial charge in [0.05, 0.1) is 23.3 Å². The van der Waals surface area contributed by atoms with E-state index in [0.29, 0.717) is 59.9 Å². The molecule has 1 fully saturated rings. The first-order valence-electron chi connectivity index (χ1n) is 9.45. The highest BCUT2D eigenvalue weighted by molar-refractivity contribution is 6.33. The van der Waals surface area contributed by atoms with Gasteiger partial charge in [0.1, 0.15) is 11.8 Å². The highest BCUT2D eigenvalue weighted by atomic mass is 35.5. The molecule has 0 aliphatic carbocycles. The number of nitriles is 1. The van der Waals surface area contributed by atoms with Crippen LogP contribution >= 0.6 is 11.6 Å². The number of aromatic nitrogens is 1. The van der Waals surface area contributed by atoms with E-state index in [2.05, 4.69) is 11.1 Å². The Kier molecular flexibility index (Phi) is 5.59. The number of amides is 1. The molecule has 2 aromatic carbocycles. The van der Waals surface area contributed by atoms with Crippen LogP contribution in [0.3, 0.4) is 0 Å². The summed E-state index contributed by atoms with van der Waals surface area (Å²) < 4.78 is 11.2. The van der Waals surface area contributed by atoms with Crippen molar-refractivity contribution in [2.75, 3.05) is 38.2 Å². The maximum atomic E-state index is 12.9. The van der Waals surface area contributed by atoms with Crippen LogP contribution in [0.5, 0.6) is 5.75 Å². The standard InChI is InChI=1S/C22H19ClN4O3/c1-29-19-9-5-3-7-16(19)21(28)26-10-12-27(13-11-26)22-18(14-24)25-20(30-22)15-6-2-4-8-17(15)23/h2-9H,10-13H2,1H3. The topological polar surface area (TPSA) is 82.6 Å². The van der Waals surface area contributed by atoms with E-state index in [9.17, 15) is 10.1 Å². The van der Waals surface area contributed by atoms with Crippen LogP contribution in [0.25, 0.3) is 11.5 Å². The van der Waals surface area contributed by atoms with E-state index in [1.807, 2.05) is 29.2 Å². The van der Waals surface area contributed by atoms with E-state index in [-0.39, 0.29) is 11.6 Å². The van der Waals surface area contributed by atoms with E-state index < -0.39 is 0 Å². The molecule has 0 bridgehead atoms. The minimum absolute atomic E-state index is 0.0815. The summed E-state index contributed by atoms with van der Waals surface area (Å²) in [7, 11) is 1.55. The lowest BCUT2D eigenvalue weighted by Gasteiger charge is -2.34. The number of nitrogens with zero attached hydrogens (tertiary/aromatic N) is 4. The quantitative estimate of drug-likeness (QED) is 0.635. The van der Waals surface area contributed by atoms with Gasteiger partial charge >= 0.3 is 0 Å². The molecular weight excluding hydrogens is 404 g/mol. The molecule has 30 heavy (non-hydrogen) atoms. The number of benzene rings is 2. The molecular formula is C22H19ClN4O3. The van der Waals surface area contributed by atoms with Crippen molar-refractivity contribution in [2.45, 2.75) is 0 Å². The monoisotopic (exact) mass is 422 g/mol. The van der Waals surface area contributed by atoms with Gasteiger partial charge in [-0.15, -0.1) is 0 Å². The summed E-state index contributed by atoms with van der Waals surface area (Å²) in [5.74, 6) is 1.18. The fourth-order valence-electron chi connectivity index (χ4n) is 3.45. The number of hydrogen-bond donors (Lipinski definition) is 0. The Balaban J connectivity index is 1.51. The third kappa shape index (κ3) is 3.70. The molecule has 1 aromatic heterocycles. The average Bonchev–Trinajstić information content (AvgIpc) is 3.23. The first-order chi connectivity index (χ1) is 14.6. The predicted octanol–water partition coefficient (Wildman–Crippen LogP) is 3.84. The van der Waals surface area contributed by atoms with Crippen LogP contribution in [0.15, 0.2) is 52.9 Å². The van der Waals surface area contributed by atoms with Crippen molar-refractivity contribution in [1.29, 1.82) is 5.26 Å². The van der Waals surface area contributed by atoms with Crippen LogP contribution in [0.1, 0.15) is 16.1 Å². The van der Waals surface area contributed by atoms with Crippen molar-refractivity contribution >= 4 is 23.4 Å². The number of oxazole rings is 1. The second-order valence-electron chi connectivity index (χ2n) is 6.74. The first kappa shape index (κ1) is 19.8. The van der Waals surface area contributed by atoms with Crippen LogP contribution < -0.4 is 9.64 Å². The molecule has 0 N–H and O–H groups in total. The van der Waals surface area contributed by atoms with Crippen molar-refractivity contribution in [3.8, 4) is 23.3 Å². The first-order valence-corrected chi connectivity index (χ1v) is 9.83. The zero-order chi connectivity index (χ0) is 21.1. The van der Waals surface area contributed by atoms with E-state index in [4.69, 9.17) is 20.8 Å². The van der Waals surface area contributed by atoms with Gasteiger partial charge in [0.2, 0.25) is 17.5 Å². The summed E-state index contributed by atoms with van der Waals surface area (Å²) in [6, 6.07) is 16.5. The number of carbonyl (C=O) groups excluding carboxylic acids is 1. The fourth-order valence-corrected chi connectivity index (χ4v) is 3.67. The van der Waals surface area contributed by atoms with E-state index >= 15 is 0 Å². The molecule has 1 saturated heterocycles. The van der Waals surface area contributed by atoms with Gasteiger partial charge in [0, 0.05) is 26.2 Å². The van der Waals surface area contributed by atoms with Gasteiger partial charge in [0.15, 0.2) is 0 Å². The lowest BCUT2D eigenvalue weighted by Crippen LogP contribution is -2.49. The van der Waals surface area contributed by atoms with Crippen LogP contribution in [-0.4, -0.2) is 49.1 Å². The Bertz CT molecular complexity index is 1110. The Morgan fingerprint density at radius 1 is 1.13 bits per heavy atom. The number of methoxy groups -OCH3 is 1. The smallest absolute Gasteiger partial charge is 0.257 e. The number of ether oxygens (including phenoxy) is 1. The minimum Gasteiger partial charge on any atom is -0.496 e. The molecule has 152 valence electrons. The summed E-state index contributed by atoms with van der Waals surface area (Å²) in [5, 5.41) is 10.0. The normalized spacial score (nSPS) is 13.8. The molecule has 1 amide bonds. The van der Waals surface area contributed by atoms with Gasteiger partial charge in [-0.3, -0.25) is 4.79 Å². The number of halogens is 1. The van der Waals surface area contributed by atoms with Crippen LogP contribution in [0.4, 0.5) is 5.88 Å². The number of para-hydroxylation sites is 1. The highest BCUT2D eigenvalue weighted by Gasteiger charge is 2.28. The number of rotatable bonds is 4. The van der Waals surface area contributed by atoms with Crippen LogP contribution in [-0.2, 0) is 0 Å². The minimum atomic E-state index is -0.0815. The summed E-state index contributed by atoms with van der Waals surface area (Å²) in [4.78, 5) is 20.9. The maximum absolute atomic E-state index is 12.9. The lowest BCUT2D eigenvalue weighted by atomic mass is 10.1. The van der Waals surface area contributed by atoms with Crippen molar-refractivity contribution in [1.82, 2.24) is 9.88 Å². The fraction of sp³-hybridized carbons (Fsp3) is 0.227. The van der Waals surface area contributed by atoms with E-state index in [1.165, 1.54) is 0 Å². The largest absolute Gasteiger partial charge is 0.496 e. The Hall–Kier alpha value is -3.50. The third-order valence-electron chi connectivity index (χ3n) is 5.01. The molecule has 0 spiro atoms. The summed E-state index contributed by atoms with van der Waals surface area (Å²) in [5.41, 5.74) is 1.37. The predicted molar refractivity (Wildman–Crippen MR) is 113 cm³/mol. The zero-order valence-electron chi connectivity index (χ0n) is 16.3. The molecule has 3 aromatic rings. The number of piperazine rings is 1. The molecule has 7 nitrogen and oxygen atoms in total. The lowest BCUT2D eigenvalue weighted by molar-refractivity contribution is 0.0742. The van der Waals surface area contributed by atoms with Crippen LogP contribution in [0.2, 0.25) is 5.02 Å². The molecule has 0 radical (unpaired) electrons. The van der Waals surface area contributed by atoms with Crippen LogP contribution in [0, 0.1) is 11.3 Å². The zero-order valence-corrected chi connectivity index (χ0v) is 17.1. The summed E-state index contributed by atoms with van der Waals surface area (Å²) in [6.07, 6.45) is 0. The SMILES string of the molecule is COc1ccccc1C(=O)N1CCN(c2oc(-c3ccccc3Cl)nc2C#N)CC1. The van der Waals surface area contributed by atoms with Crippen molar-refractivity contribution in [3.05, 3.63) is 64.8 Å². The van der Waals surface area contributed by atoms with Crippen molar-refractivity contribution in [3.63, 3.8) is 0 Å². The maximum Gasteiger partial charge on any atom is 0.257 e. The molecule has 1 aliphatic rings. The number of hydrogen-bond acceptors (Lipinski definition) is 6. The second kappa shape index (κ2) is 8.47. The Morgan fingerprint density at radius 2 is 1.83 bits per heavy atom. The van der Waals surface area contributed by atoms with Gasteiger partial charge in [-0.05, 0) is 24.3 Å². The highest BCUT2D eigenvalue weighted by Crippen LogP contribution is 2.32. The second-order valence-corrected chi connectivity index (χ2v) is 7.15. The molecule has 4 rings (SSSR count). The number of carbonyl (C=O) groups is 1. The molecule has 2 heterocycles. The van der Waals surface area contributed by atoms with Gasteiger partial charge < -0.3 is 19.0 Å². The van der Waals surface area contributed by atoms with Crippen molar-refractivity contribution < 1.29 is 13.9 Å². The Labute approximate surface area is 179 Å². The van der Waals surface area contributed by atoms with Gasteiger partial charge in [0.25, 0.3) is 5.91 Å². The van der Waals surface area contributed by atoms with Crippen molar-refractivity contribution in [2.24, 2.45) is 0 Å². The molecule has 8 heteroatoms.